The van der Waals surface area contributed by atoms with Gasteiger partial charge in [0.15, 0.2) is 0 Å². The third-order valence-electron chi connectivity index (χ3n) is 1.87. The zero-order chi connectivity index (χ0) is 11.4. The van der Waals surface area contributed by atoms with Gasteiger partial charge in [0.2, 0.25) is 0 Å². The Balaban J connectivity index is 2.74. The molecule has 0 fully saturated rings. The van der Waals surface area contributed by atoms with E-state index >= 15 is 0 Å². The monoisotopic (exact) mass is 226 g/mol. The summed E-state index contributed by atoms with van der Waals surface area (Å²) in [6.45, 7) is 3.77. The lowest BCUT2D eigenvalue weighted by molar-refractivity contribution is -0.137. The van der Waals surface area contributed by atoms with Gasteiger partial charge in [-0.15, -0.1) is 11.8 Å². The number of thioether (sulfide) groups is 1. The Morgan fingerprint density at radius 1 is 1.53 bits per heavy atom. The van der Waals surface area contributed by atoms with Crippen molar-refractivity contribution < 1.29 is 9.90 Å². The van der Waals surface area contributed by atoms with Crippen LogP contribution < -0.4 is 5.73 Å². The van der Waals surface area contributed by atoms with Crippen LogP contribution in [0, 0.1) is 5.92 Å². The van der Waals surface area contributed by atoms with Gasteiger partial charge in [-0.3, -0.25) is 4.79 Å². The first-order valence-electron chi connectivity index (χ1n) is 4.61. The van der Waals surface area contributed by atoms with Crippen molar-refractivity contribution in [2.75, 3.05) is 5.73 Å². The molecule has 0 aliphatic rings. The molecular formula is C10H14N2O2S. The summed E-state index contributed by atoms with van der Waals surface area (Å²) in [5.41, 5.74) is 5.44. The van der Waals surface area contributed by atoms with Gasteiger partial charge in [0.05, 0.1) is 0 Å². The van der Waals surface area contributed by atoms with E-state index in [4.69, 9.17) is 10.8 Å². The van der Waals surface area contributed by atoms with Crippen LogP contribution in [0.3, 0.4) is 0 Å². The van der Waals surface area contributed by atoms with Gasteiger partial charge in [0, 0.05) is 11.1 Å². The number of aromatic nitrogens is 1. The summed E-state index contributed by atoms with van der Waals surface area (Å²) in [6.07, 6.45) is 1.60. The van der Waals surface area contributed by atoms with E-state index in [1.807, 2.05) is 13.8 Å². The van der Waals surface area contributed by atoms with E-state index in [9.17, 15) is 4.79 Å². The Kier molecular flexibility index (Phi) is 3.96. The number of carboxylic acid groups (broad SMARTS) is 1. The fourth-order valence-corrected chi connectivity index (χ4v) is 2.01. The van der Waals surface area contributed by atoms with Gasteiger partial charge in [-0.25, -0.2) is 4.98 Å². The zero-order valence-corrected chi connectivity index (χ0v) is 9.49. The third-order valence-corrected chi connectivity index (χ3v) is 3.38. The highest BCUT2D eigenvalue weighted by Crippen LogP contribution is 2.27. The molecule has 0 aliphatic carbocycles. The normalized spacial score (nSPS) is 12.7. The second kappa shape index (κ2) is 5.02. The second-order valence-electron chi connectivity index (χ2n) is 3.54. The molecule has 1 heterocycles. The summed E-state index contributed by atoms with van der Waals surface area (Å²) >= 11 is 1.30. The van der Waals surface area contributed by atoms with E-state index in [1.165, 1.54) is 11.8 Å². The molecule has 0 aliphatic heterocycles. The Hall–Kier alpha value is -1.23. The highest BCUT2D eigenvalue weighted by Gasteiger charge is 2.22. The zero-order valence-electron chi connectivity index (χ0n) is 8.68. The highest BCUT2D eigenvalue weighted by atomic mass is 32.2. The summed E-state index contributed by atoms with van der Waals surface area (Å²) in [6, 6.07) is 3.45. The maximum Gasteiger partial charge on any atom is 0.317 e. The molecule has 1 aromatic heterocycles. The predicted octanol–water partition coefficient (Wildman–Crippen LogP) is 1.87. The Bertz CT molecular complexity index is 338. The number of nitrogens with two attached hydrogens (primary N) is 1. The molecule has 4 nitrogen and oxygen atoms in total. The van der Waals surface area contributed by atoms with Crippen LogP contribution in [0.5, 0.6) is 0 Å². The number of pyridine rings is 1. The van der Waals surface area contributed by atoms with Crippen molar-refractivity contribution in [3.8, 4) is 0 Å². The molecule has 82 valence electrons. The number of aliphatic carboxylic acids is 1. The Morgan fingerprint density at radius 3 is 2.60 bits per heavy atom. The molecule has 1 atom stereocenters. The van der Waals surface area contributed by atoms with Crippen LogP contribution in [-0.4, -0.2) is 21.3 Å². The average Bonchev–Trinajstić information content (AvgIpc) is 2.15. The third kappa shape index (κ3) is 3.43. The van der Waals surface area contributed by atoms with E-state index in [0.29, 0.717) is 5.82 Å². The van der Waals surface area contributed by atoms with Crippen molar-refractivity contribution in [1.29, 1.82) is 0 Å². The minimum atomic E-state index is -0.799. The molecular weight excluding hydrogens is 212 g/mol. The lowest BCUT2D eigenvalue weighted by Gasteiger charge is -2.15. The van der Waals surface area contributed by atoms with E-state index in [1.54, 1.807) is 18.3 Å². The van der Waals surface area contributed by atoms with E-state index < -0.39 is 11.2 Å². The number of anilines is 1. The molecule has 0 spiro atoms. The van der Waals surface area contributed by atoms with Crippen LogP contribution in [0.2, 0.25) is 0 Å². The average molecular weight is 226 g/mol. The number of rotatable bonds is 4. The summed E-state index contributed by atoms with van der Waals surface area (Å²) < 4.78 is 0. The summed E-state index contributed by atoms with van der Waals surface area (Å²) in [5.74, 6) is -0.285. The van der Waals surface area contributed by atoms with Gasteiger partial charge < -0.3 is 10.8 Å². The predicted molar refractivity (Wildman–Crippen MR) is 60.8 cm³/mol. The van der Waals surface area contributed by atoms with E-state index in [-0.39, 0.29) is 5.92 Å². The van der Waals surface area contributed by atoms with Crippen LogP contribution in [0.15, 0.2) is 23.2 Å². The maximum atomic E-state index is 10.9. The molecule has 0 saturated heterocycles. The first-order valence-corrected chi connectivity index (χ1v) is 5.49. The standard InChI is InChI=1S/C10H14N2O2S/c1-6(2)9(10(13)14)15-7-3-4-8(11)12-5-7/h3-6,9H,1-2H3,(H2,11,12)(H,13,14). The van der Waals surface area contributed by atoms with Crippen molar-refractivity contribution >= 4 is 23.5 Å². The number of nitrogens with zero attached hydrogens (tertiary/aromatic N) is 1. The molecule has 0 radical (unpaired) electrons. The number of carbonyl (C=O) groups is 1. The first-order chi connectivity index (χ1) is 7.00. The van der Waals surface area contributed by atoms with Gasteiger partial charge >= 0.3 is 5.97 Å². The van der Waals surface area contributed by atoms with Crippen LogP contribution in [0.1, 0.15) is 13.8 Å². The molecule has 1 rings (SSSR count). The second-order valence-corrected chi connectivity index (χ2v) is 4.75. The number of nitrogen functional groups attached to an aromatic ring is 1. The summed E-state index contributed by atoms with van der Waals surface area (Å²) in [4.78, 5) is 15.7. The molecule has 0 amide bonds. The van der Waals surface area contributed by atoms with Gasteiger partial charge in [0.1, 0.15) is 11.1 Å². The van der Waals surface area contributed by atoms with E-state index in [2.05, 4.69) is 4.98 Å². The molecule has 15 heavy (non-hydrogen) atoms. The molecule has 3 N–H and O–H groups in total. The number of hydrogen-bond acceptors (Lipinski definition) is 4. The first kappa shape index (κ1) is 11.8. The molecule has 0 saturated carbocycles. The Labute approximate surface area is 92.9 Å². The van der Waals surface area contributed by atoms with Crippen LogP contribution in [-0.2, 0) is 4.79 Å². The minimum absolute atomic E-state index is 0.0741. The van der Waals surface area contributed by atoms with Crippen molar-refractivity contribution in [2.24, 2.45) is 5.92 Å². The molecule has 0 bridgehead atoms. The fraction of sp³-hybridized carbons (Fsp3) is 0.400. The van der Waals surface area contributed by atoms with Crippen molar-refractivity contribution in [3.63, 3.8) is 0 Å². The Morgan fingerprint density at radius 2 is 2.20 bits per heavy atom. The fourth-order valence-electron chi connectivity index (χ4n) is 1.08. The quantitative estimate of drug-likeness (QED) is 0.766. The number of carboxylic acids is 1. The smallest absolute Gasteiger partial charge is 0.317 e. The maximum absolute atomic E-state index is 10.9. The lowest BCUT2D eigenvalue weighted by atomic mass is 10.1. The minimum Gasteiger partial charge on any atom is -0.480 e. The molecule has 0 aromatic carbocycles. The van der Waals surface area contributed by atoms with E-state index in [0.717, 1.165) is 4.90 Å². The van der Waals surface area contributed by atoms with Crippen molar-refractivity contribution in [1.82, 2.24) is 4.98 Å². The molecule has 1 aromatic rings. The largest absolute Gasteiger partial charge is 0.480 e. The van der Waals surface area contributed by atoms with Gasteiger partial charge in [-0.1, -0.05) is 13.8 Å². The summed E-state index contributed by atoms with van der Waals surface area (Å²) in [7, 11) is 0. The topological polar surface area (TPSA) is 76.2 Å². The van der Waals surface area contributed by atoms with Gasteiger partial charge in [-0.2, -0.15) is 0 Å². The van der Waals surface area contributed by atoms with Crippen molar-refractivity contribution in [3.05, 3.63) is 18.3 Å². The lowest BCUT2D eigenvalue weighted by Crippen LogP contribution is -2.22. The van der Waals surface area contributed by atoms with Crippen LogP contribution >= 0.6 is 11.8 Å². The van der Waals surface area contributed by atoms with Crippen molar-refractivity contribution in [2.45, 2.75) is 24.0 Å². The van der Waals surface area contributed by atoms with Gasteiger partial charge in [-0.05, 0) is 18.1 Å². The van der Waals surface area contributed by atoms with Crippen LogP contribution in [0.4, 0.5) is 5.82 Å². The SMILES string of the molecule is CC(C)C(Sc1ccc(N)nc1)C(=O)O. The van der Waals surface area contributed by atoms with Gasteiger partial charge in [0.25, 0.3) is 0 Å². The number of hydrogen-bond donors (Lipinski definition) is 2. The highest BCUT2D eigenvalue weighted by molar-refractivity contribution is 8.00. The molecule has 5 heteroatoms. The van der Waals surface area contributed by atoms with Crippen LogP contribution in [0.25, 0.3) is 0 Å². The summed E-state index contributed by atoms with van der Waals surface area (Å²) in [5, 5.41) is 8.54. The molecule has 1 unspecified atom stereocenters.